The third-order valence-corrected chi connectivity index (χ3v) is 6.39. The lowest BCUT2D eigenvalue weighted by Gasteiger charge is -2.23. The van der Waals surface area contributed by atoms with Crippen molar-refractivity contribution in [3.63, 3.8) is 0 Å². The van der Waals surface area contributed by atoms with E-state index in [9.17, 15) is 17.6 Å². The first-order valence-electron chi connectivity index (χ1n) is 9.08. The molecule has 0 unspecified atom stereocenters. The van der Waals surface area contributed by atoms with E-state index in [2.05, 4.69) is 5.32 Å². The molecule has 0 heterocycles. The first-order chi connectivity index (χ1) is 13.8. The van der Waals surface area contributed by atoms with Crippen LogP contribution in [0.1, 0.15) is 22.8 Å². The number of aryl methyl sites for hydroxylation is 1. The number of para-hydroxylation sites is 1. The first-order valence-corrected chi connectivity index (χ1v) is 10.5. The lowest BCUT2D eigenvalue weighted by molar-refractivity contribution is 0.102. The number of hydrogen-bond acceptors (Lipinski definition) is 3. The van der Waals surface area contributed by atoms with Gasteiger partial charge in [0.2, 0.25) is 0 Å². The van der Waals surface area contributed by atoms with E-state index >= 15 is 0 Å². The minimum absolute atomic E-state index is 0.0951. The van der Waals surface area contributed by atoms with Crippen LogP contribution in [0.25, 0.3) is 0 Å². The highest BCUT2D eigenvalue weighted by atomic mass is 32.2. The summed E-state index contributed by atoms with van der Waals surface area (Å²) >= 11 is 0. The van der Waals surface area contributed by atoms with Crippen LogP contribution in [-0.4, -0.2) is 20.9 Å². The molecule has 1 amide bonds. The van der Waals surface area contributed by atoms with E-state index < -0.39 is 15.9 Å². The molecule has 29 heavy (non-hydrogen) atoms. The van der Waals surface area contributed by atoms with E-state index in [-0.39, 0.29) is 17.3 Å². The molecule has 0 atom stereocenters. The van der Waals surface area contributed by atoms with E-state index in [1.54, 1.807) is 38.1 Å². The van der Waals surface area contributed by atoms with Gasteiger partial charge in [-0.25, -0.2) is 12.8 Å². The van der Waals surface area contributed by atoms with Crippen LogP contribution in [0.3, 0.4) is 0 Å². The van der Waals surface area contributed by atoms with E-state index in [1.807, 2.05) is 6.07 Å². The van der Waals surface area contributed by atoms with Crippen molar-refractivity contribution < 1.29 is 17.6 Å². The predicted octanol–water partition coefficient (Wildman–Crippen LogP) is 4.60. The largest absolute Gasteiger partial charge is 0.322 e. The molecular formula is C22H21FN2O3S. The molecular weight excluding hydrogens is 391 g/mol. The summed E-state index contributed by atoms with van der Waals surface area (Å²) < 4.78 is 40.5. The fraction of sp³-hybridized carbons (Fsp3) is 0.136. The third-order valence-electron chi connectivity index (χ3n) is 4.47. The minimum atomic E-state index is -3.76. The van der Waals surface area contributed by atoms with Gasteiger partial charge in [0.1, 0.15) is 5.82 Å². The van der Waals surface area contributed by atoms with Gasteiger partial charge in [-0.2, -0.15) is 0 Å². The molecule has 3 rings (SSSR count). The topological polar surface area (TPSA) is 66.5 Å². The highest BCUT2D eigenvalue weighted by Crippen LogP contribution is 2.24. The number of nitrogens with one attached hydrogen (secondary N) is 1. The summed E-state index contributed by atoms with van der Waals surface area (Å²) in [5, 5.41) is 2.71. The zero-order valence-corrected chi connectivity index (χ0v) is 16.9. The van der Waals surface area contributed by atoms with Gasteiger partial charge in [0.05, 0.1) is 10.6 Å². The Bertz CT molecular complexity index is 1110. The van der Waals surface area contributed by atoms with Crippen LogP contribution in [0.2, 0.25) is 0 Å². The average molecular weight is 412 g/mol. The summed E-state index contributed by atoms with van der Waals surface area (Å²) in [4.78, 5) is 12.6. The second kappa shape index (κ2) is 8.45. The van der Waals surface area contributed by atoms with Crippen LogP contribution in [0.15, 0.2) is 77.7 Å². The molecule has 0 aliphatic rings. The number of benzene rings is 3. The Morgan fingerprint density at radius 2 is 1.66 bits per heavy atom. The maximum atomic E-state index is 13.2. The van der Waals surface area contributed by atoms with Gasteiger partial charge in [-0.05, 0) is 74.0 Å². The van der Waals surface area contributed by atoms with Crippen molar-refractivity contribution >= 4 is 27.3 Å². The van der Waals surface area contributed by atoms with Crippen LogP contribution < -0.4 is 9.62 Å². The van der Waals surface area contributed by atoms with Gasteiger partial charge in [-0.15, -0.1) is 0 Å². The van der Waals surface area contributed by atoms with Crippen molar-refractivity contribution in [2.45, 2.75) is 18.7 Å². The highest BCUT2D eigenvalue weighted by molar-refractivity contribution is 7.92. The standard InChI is InChI=1S/C22H21FN2O3S/c1-3-25(19-7-5-4-6-8-19)29(27,28)20-12-9-17(10-13-20)22(26)24-21-14-11-18(23)15-16(21)2/h4-15H,3H2,1-2H3,(H,24,26). The second-order valence-electron chi connectivity index (χ2n) is 6.44. The van der Waals surface area contributed by atoms with Crippen LogP contribution in [0.4, 0.5) is 15.8 Å². The Hall–Kier alpha value is -3.19. The Morgan fingerprint density at radius 1 is 1.00 bits per heavy atom. The van der Waals surface area contributed by atoms with Crippen LogP contribution in [-0.2, 0) is 10.0 Å². The molecule has 7 heteroatoms. The van der Waals surface area contributed by atoms with Crippen LogP contribution in [0.5, 0.6) is 0 Å². The Balaban J connectivity index is 1.82. The molecule has 150 valence electrons. The molecule has 0 aliphatic carbocycles. The SMILES string of the molecule is CCN(c1ccccc1)S(=O)(=O)c1ccc(C(=O)Nc2ccc(F)cc2C)cc1. The smallest absolute Gasteiger partial charge is 0.264 e. The lowest BCUT2D eigenvalue weighted by Crippen LogP contribution is -2.30. The minimum Gasteiger partial charge on any atom is -0.322 e. The van der Waals surface area contributed by atoms with Gasteiger partial charge >= 0.3 is 0 Å². The molecule has 0 radical (unpaired) electrons. The summed E-state index contributed by atoms with van der Waals surface area (Å²) in [6.07, 6.45) is 0. The predicted molar refractivity (Wildman–Crippen MR) is 112 cm³/mol. The van der Waals surface area contributed by atoms with Crippen molar-refractivity contribution in [3.05, 3.63) is 89.7 Å². The number of carbonyl (C=O) groups excluding carboxylic acids is 1. The quantitative estimate of drug-likeness (QED) is 0.643. The summed E-state index contributed by atoms with van der Waals surface area (Å²) in [7, 11) is -3.76. The molecule has 0 saturated heterocycles. The third kappa shape index (κ3) is 4.46. The Morgan fingerprint density at radius 3 is 2.24 bits per heavy atom. The molecule has 0 fully saturated rings. The van der Waals surface area contributed by atoms with Crippen molar-refractivity contribution in [1.29, 1.82) is 0 Å². The number of anilines is 2. The summed E-state index contributed by atoms with van der Waals surface area (Å²) in [5.41, 5.74) is 1.97. The summed E-state index contributed by atoms with van der Waals surface area (Å²) in [5.74, 6) is -0.784. The average Bonchev–Trinajstić information content (AvgIpc) is 2.71. The molecule has 3 aromatic carbocycles. The summed E-state index contributed by atoms with van der Waals surface area (Å²) in [6.45, 7) is 3.73. The van der Waals surface area contributed by atoms with Crippen LogP contribution >= 0.6 is 0 Å². The fourth-order valence-corrected chi connectivity index (χ4v) is 4.43. The monoisotopic (exact) mass is 412 g/mol. The van der Waals surface area contributed by atoms with E-state index in [4.69, 9.17) is 0 Å². The Labute approximate surface area is 169 Å². The number of rotatable bonds is 6. The molecule has 1 N–H and O–H groups in total. The number of amides is 1. The maximum absolute atomic E-state index is 13.2. The number of hydrogen-bond donors (Lipinski definition) is 1. The maximum Gasteiger partial charge on any atom is 0.264 e. The number of sulfonamides is 1. The molecule has 0 aromatic heterocycles. The zero-order chi connectivity index (χ0) is 21.0. The van der Waals surface area contributed by atoms with Gasteiger partial charge in [-0.1, -0.05) is 18.2 Å². The fourth-order valence-electron chi connectivity index (χ4n) is 2.95. The normalized spacial score (nSPS) is 11.1. The molecule has 3 aromatic rings. The zero-order valence-electron chi connectivity index (χ0n) is 16.1. The molecule has 0 saturated carbocycles. The van der Waals surface area contributed by atoms with Gasteiger partial charge in [0.25, 0.3) is 15.9 Å². The number of halogens is 1. The van der Waals surface area contributed by atoms with Gasteiger partial charge in [0.15, 0.2) is 0 Å². The first kappa shape index (κ1) is 20.5. The van der Waals surface area contributed by atoms with Gasteiger partial charge in [0, 0.05) is 17.8 Å². The molecule has 0 aliphatic heterocycles. The Kier molecular flexibility index (Phi) is 5.98. The molecule has 0 bridgehead atoms. The second-order valence-corrected chi connectivity index (χ2v) is 8.31. The van der Waals surface area contributed by atoms with Crippen LogP contribution in [0, 0.1) is 12.7 Å². The molecule has 0 spiro atoms. The van der Waals surface area contributed by atoms with Gasteiger partial charge < -0.3 is 5.32 Å². The van der Waals surface area contributed by atoms with E-state index in [1.165, 1.54) is 46.8 Å². The van der Waals surface area contributed by atoms with Crippen molar-refractivity contribution in [2.24, 2.45) is 0 Å². The van der Waals surface area contributed by atoms with E-state index in [0.29, 0.717) is 22.5 Å². The highest BCUT2D eigenvalue weighted by Gasteiger charge is 2.23. The van der Waals surface area contributed by atoms with Gasteiger partial charge in [-0.3, -0.25) is 9.10 Å². The summed E-state index contributed by atoms with van der Waals surface area (Å²) in [6, 6.07) is 18.6. The van der Waals surface area contributed by atoms with E-state index in [0.717, 1.165) is 0 Å². The van der Waals surface area contributed by atoms with Crippen molar-refractivity contribution in [3.8, 4) is 0 Å². The lowest BCUT2D eigenvalue weighted by atomic mass is 10.1. The molecule has 5 nitrogen and oxygen atoms in total. The number of carbonyl (C=O) groups is 1. The van der Waals surface area contributed by atoms with Crippen molar-refractivity contribution in [1.82, 2.24) is 0 Å². The van der Waals surface area contributed by atoms with Crippen molar-refractivity contribution in [2.75, 3.05) is 16.2 Å². The number of nitrogens with zero attached hydrogens (tertiary/aromatic N) is 1.